The van der Waals surface area contributed by atoms with Gasteiger partial charge in [0.25, 0.3) is 0 Å². The lowest BCUT2D eigenvalue weighted by atomic mass is 10.2. The van der Waals surface area contributed by atoms with Crippen LogP contribution in [0, 0.1) is 0 Å². The van der Waals surface area contributed by atoms with Gasteiger partial charge in [-0.3, -0.25) is 0 Å². The first-order valence-electron chi connectivity index (χ1n) is 3.13. The number of benzene rings is 1. The summed E-state index contributed by atoms with van der Waals surface area (Å²) in [6, 6.07) is 6.72. The standard InChI is InChI=1S/C8H9NOS.H3N/c9-8(5-11)6-2-1-3-7(10)4-6;/h1-5,10-11H,9H2;1H3/b8-5-;. The number of hydrogen-bond acceptors (Lipinski definition) is 4. The third-order valence-corrected chi connectivity index (χ3v) is 1.60. The molecule has 66 valence electrons. The van der Waals surface area contributed by atoms with Gasteiger partial charge in [0.2, 0.25) is 0 Å². The molecule has 0 radical (unpaired) electrons. The third kappa shape index (κ3) is 2.48. The molecule has 0 unspecified atom stereocenters. The molecule has 1 aromatic rings. The summed E-state index contributed by atoms with van der Waals surface area (Å²) in [5, 5.41) is 10.5. The van der Waals surface area contributed by atoms with E-state index in [2.05, 4.69) is 12.6 Å². The maximum atomic E-state index is 9.05. The SMILES string of the molecule is N.N/C(=C\S)c1cccc(O)c1. The Kier molecular flexibility index (Phi) is 4.25. The van der Waals surface area contributed by atoms with Crippen LogP contribution >= 0.6 is 12.6 Å². The summed E-state index contributed by atoms with van der Waals surface area (Å²) in [5.41, 5.74) is 6.86. The van der Waals surface area contributed by atoms with Gasteiger partial charge in [0.15, 0.2) is 0 Å². The van der Waals surface area contributed by atoms with Crippen molar-refractivity contribution in [1.82, 2.24) is 6.15 Å². The Morgan fingerprint density at radius 3 is 2.67 bits per heavy atom. The Morgan fingerprint density at radius 1 is 1.50 bits per heavy atom. The predicted octanol–water partition coefficient (Wildman–Crippen LogP) is 1.74. The first-order valence-corrected chi connectivity index (χ1v) is 3.65. The fraction of sp³-hybridized carbons (Fsp3) is 0. The molecular formula is C8H12N2OS. The van der Waals surface area contributed by atoms with Gasteiger partial charge in [-0.25, -0.2) is 0 Å². The van der Waals surface area contributed by atoms with E-state index in [0.717, 1.165) is 5.56 Å². The minimum Gasteiger partial charge on any atom is -0.508 e. The fourth-order valence-corrected chi connectivity index (χ4v) is 0.909. The van der Waals surface area contributed by atoms with E-state index in [4.69, 9.17) is 10.8 Å². The van der Waals surface area contributed by atoms with Crippen LogP contribution in [-0.2, 0) is 0 Å². The molecule has 4 heteroatoms. The molecule has 0 spiro atoms. The summed E-state index contributed by atoms with van der Waals surface area (Å²) in [4.78, 5) is 0. The average Bonchev–Trinajstić information content (AvgIpc) is 2.03. The van der Waals surface area contributed by atoms with Gasteiger partial charge in [-0.05, 0) is 17.5 Å². The zero-order chi connectivity index (χ0) is 8.27. The van der Waals surface area contributed by atoms with Gasteiger partial charge in [-0.15, -0.1) is 12.6 Å². The van der Waals surface area contributed by atoms with Gasteiger partial charge in [-0.1, -0.05) is 12.1 Å². The van der Waals surface area contributed by atoms with Crippen LogP contribution in [0.1, 0.15) is 5.56 Å². The monoisotopic (exact) mass is 184 g/mol. The van der Waals surface area contributed by atoms with E-state index in [9.17, 15) is 0 Å². The highest BCUT2D eigenvalue weighted by Crippen LogP contribution is 2.15. The molecule has 0 atom stereocenters. The second-order valence-electron chi connectivity index (χ2n) is 2.13. The van der Waals surface area contributed by atoms with Crippen molar-refractivity contribution < 1.29 is 5.11 Å². The normalized spacial score (nSPS) is 10.6. The van der Waals surface area contributed by atoms with E-state index in [-0.39, 0.29) is 11.9 Å². The highest BCUT2D eigenvalue weighted by molar-refractivity contribution is 7.83. The van der Waals surface area contributed by atoms with E-state index in [0.29, 0.717) is 5.70 Å². The van der Waals surface area contributed by atoms with Crippen molar-refractivity contribution in [2.24, 2.45) is 5.73 Å². The van der Waals surface area contributed by atoms with E-state index in [1.165, 1.54) is 5.41 Å². The van der Waals surface area contributed by atoms with Gasteiger partial charge in [0.1, 0.15) is 5.75 Å². The van der Waals surface area contributed by atoms with Gasteiger partial charge >= 0.3 is 0 Å². The summed E-state index contributed by atoms with van der Waals surface area (Å²) in [7, 11) is 0. The fourth-order valence-electron chi connectivity index (χ4n) is 0.760. The Labute approximate surface area is 76.9 Å². The summed E-state index contributed by atoms with van der Waals surface area (Å²) in [6.07, 6.45) is 0. The minimum atomic E-state index is 0. The molecule has 0 fully saturated rings. The molecule has 12 heavy (non-hydrogen) atoms. The molecule has 0 amide bonds. The Morgan fingerprint density at radius 2 is 2.17 bits per heavy atom. The van der Waals surface area contributed by atoms with Crippen molar-refractivity contribution in [2.45, 2.75) is 0 Å². The van der Waals surface area contributed by atoms with Crippen molar-refractivity contribution in [3.8, 4) is 5.75 Å². The number of nitrogens with two attached hydrogens (primary N) is 1. The largest absolute Gasteiger partial charge is 0.508 e. The molecule has 0 saturated heterocycles. The molecule has 0 saturated carbocycles. The number of hydrogen-bond donors (Lipinski definition) is 4. The molecule has 1 aromatic carbocycles. The second-order valence-corrected chi connectivity index (χ2v) is 2.39. The van der Waals surface area contributed by atoms with Crippen LogP contribution in [0.25, 0.3) is 5.70 Å². The number of rotatable bonds is 1. The first-order chi connectivity index (χ1) is 5.24. The minimum absolute atomic E-state index is 0. The van der Waals surface area contributed by atoms with Gasteiger partial charge in [0, 0.05) is 11.3 Å². The van der Waals surface area contributed by atoms with Gasteiger partial charge < -0.3 is 17.0 Å². The quantitative estimate of drug-likeness (QED) is 0.502. The molecular weight excluding hydrogens is 172 g/mol. The maximum absolute atomic E-state index is 9.05. The number of phenols is 1. The van der Waals surface area contributed by atoms with Crippen molar-refractivity contribution in [2.75, 3.05) is 0 Å². The van der Waals surface area contributed by atoms with E-state index in [1.807, 2.05) is 6.07 Å². The van der Waals surface area contributed by atoms with Crippen molar-refractivity contribution in [3.63, 3.8) is 0 Å². The molecule has 0 heterocycles. The topological polar surface area (TPSA) is 81.2 Å². The van der Waals surface area contributed by atoms with Crippen LogP contribution in [0.3, 0.4) is 0 Å². The average molecular weight is 184 g/mol. The number of aromatic hydroxyl groups is 1. The molecule has 0 aliphatic carbocycles. The lowest BCUT2D eigenvalue weighted by molar-refractivity contribution is 0.475. The van der Waals surface area contributed by atoms with E-state index in [1.54, 1.807) is 18.2 Å². The first kappa shape index (κ1) is 10.9. The highest BCUT2D eigenvalue weighted by Gasteiger charge is 1.94. The van der Waals surface area contributed by atoms with E-state index >= 15 is 0 Å². The number of phenolic OH excluding ortho intramolecular Hbond substituents is 1. The summed E-state index contributed by atoms with van der Waals surface area (Å²) < 4.78 is 0. The van der Waals surface area contributed by atoms with Crippen molar-refractivity contribution in [3.05, 3.63) is 35.2 Å². The lowest BCUT2D eigenvalue weighted by Crippen LogP contribution is -1.93. The summed E-state index contributed by atoms with van der Waals surface area (Å²) in [6.45, 7) is 0. The summed E-state index contributed by atoms with van der Waals surface area (Å²) >= 11 is 3.89. The predicted molar refractivity (Wildman–Crippen MR) is 54.3 cm³/mol. The Balaban J connectivity index is 0.00000121. The van der Waals surface area contributed by atoms with Gasteiger partial charge in [0.05, 0.1) is 0 Å². The second kappa shape index (κ2) is 4.69. The zero-order valence-corrected chi connectivity index (χ0v) is 7.46. The third-order valence-electron chi connectivity index (χ3n) is 1.32. The molecule has 0 aliphatic rings. The molecule has 0 bridgehead atoms. The maximum Gasteiger partial charge on any atom is 0.116 e. The molecule has 6 N–H and O–H groups in total. The van der Waals surface area contributed by atoms with Crippen LogP contribution in [0.4, 0.5) is 0 Å². The molecule has 3 nitrogen and oxygen atoms in total. The molecule has 0 aliphatic heterocycles. The molecule has 1 rings (SSSR count). The Bertz CT molecular complexity index is 286. The summed E-state index contributed by atoms with van der Waals surface area (Å²) in [5.74, 6) is 0.209. The Hall–Kier alpha value is -1.13. The van der Waals surface area contributed by atoms with Crippen LogP contribution < -0.4 is 11.9 Å². The van der Waals surface area contributed by atoms with Crippen LogP contribution in [0.15, 0.2) is 29.7 Å². The lowest BCUT2D eigenvalue weighted by Gasteiger charge is -1.99. The number of thiol groups is 1. The van der Waals surface area contributed by atoms with Crippen LogP contribution in [0.5, 0.6) is 5.75 Å². The van der Waals surface area contributed by atoms with E-state index < -0.39 is 0 Å². The van der Waals surface area contributed by atoms with Crippen LogP contribution in [0.2, 0.25) is 0 Å². The molecule has 0 aromatic heterocycles. The smallest absolute Gasteiger partial charge is 0.116 e. The van der Waals surface area contributed by atoms with Crippen molar-refractivity contribution in [1.29, 1.82) is 0 Å². The van der Waals surface area contributed by atoms with Crippen molar-refractivity contribution >= 4 is 18.3 Å². The van der Waals surface area contributed by atoms with Crippen LogP contribution in [-0.4, -0.2) is 5.11 Å². The zero-order valence-electron chi connectivity index (χ0n) is 6.57. The van der Waals surface area contributed by atoms with Gasteiger partial charge in [-0.2, -0.15) is 0 Å². The highest BCUT2D eigenvalue weighted by atomic mass is 32.1.